The molecule has 4 aromatic carbocycles. The Balaban J connectivity index is 1.33. The maximum atomic E-state index is 13.4. The maximum absolute atomic E-state index is 13.4. The van der Waals surface area contributed by atoms with Crippen molar-refractivity contribution < 1.29 is 38.0 Å². The molecule has 2 fully saturated rings. The third-order valence-corrected chi connectivity index (χ3v) is 7.21. The highest BCUT2D eigenvalue weighted by Crippen LogP contribution is 2.38. The van der Waals surface area contributed by atoms with Gasteiger partial charge in [-0.3, -0.25) is 0 Å². The van der Waals surface area contributed by atoms with E-state index < -0.39 is 43.0 Å². The predicted molar refractivity (Wildman–Crippen MR) is 153 cm³/mol. The summed E-state index contributed by atoms with van der Waals surface area (Å²) in [5.41, 5.74) is 2.24. The van der Waals surface area contributed by atoms with Crippen molar-refractivity contribution in [3.8, 4) is 11.5 Å². The van der Waals surface area contributed by atoms with E-state index in [1.807, 2.05) is 66.7 Å². The molecule has 8 nitrogen and oxygen atoms in total. The van der Waals surface area contributed by atoms with Crippen LogP contribution >= 0.6 is 0 Å². The van der Waals surface area contributed by atoms with Crippen LogP contribution in [-0.2, 0) is 30.3 Å². The Hall–Kier alpha value is -4.21. The molecule has 0 unspecified atom stereocenters. The minimum atomic E-state index is -1.01. The molecule has 216 valence electrons. The number of rotatable bonds is 9. The minimum absolute atomic E-state index is 0.233. The van der Waals surface area contributed by atoms with Crippen molar-refractivity contribution in [2.24, 2.45) is 0 Å². The van der Waals surface area contributed by atoms with E-state index >= 15 is 0 Å². The number of carbonyl (C=O) groups excluding carboxylic acids is 1. The van der Waals surface area contributed by atoms with E-state index in [9.17, 15) is 4.79 Å². The topological polar surface area (TPSA) is 81.7 Å². The van der Waals surface area contributed by atoms with E-state index in [1.165, 1.54) is 0 Å². The molecule has 0 radical (unpaired) electrons. The molecule has 0 aromatic heterocycles. The fraction of sp³-hybridized carbons (Fsp3) is 0.265. The highest BCUT2D eigenvalue weighted by Gasteiger charge is 2.53. The van der Waals surface area contributed by atoms with Gasteiger partial charge >= 0.3 is 5.97 Å². The van der Waals surface area contributed by atoms with Crippen molar-refractivity contribution in [2.45, 2.75) is 43.6 Å². The van der Waals surface area contributed by atoms with E-state index in [0.29, 0.717) is 17.1 Å². The van der Waals surface area contributed by atoms with E-state index in [4.69, 9.17) is 33.2 Å². The number of fused-ring (bicyclic) bond motifs is 1. The summed E-state index contributed by atoms with van der Waals surface area (Å²) in [5.74, 6) is 0.678. The van der Waals surface area contributed by atoms with Gasteiger partial charge in [0.2, 0.25) is 6.29 Å². The highest BCUT2D eigenvalue weighted by molar-refractivity contribution is 5.89. The van der Waals surface area contributed by atoms with Crippen molar-refractivity contribution in [1.82, 2.24) is 0 Å². The van der Waals surface area contributed by atoms with Gasteiger partial charge in [0.25, 0.3) is 0 Å². The van der Waals surface area contributed by atoms with Crippen LogP contribution in [0.3, 0.4) is 0 Å². The van der Waals surface area contributed by atoms with E-state index in [-0.39, 0.29) is 13.2 Å². The van der Waals surface area contributed by atoms with E-state index in [2.05, 4.69) is 0 Å². The molecule has 2 heterocycles. The zero-order valence-corrected chi connectivity index (χ0v) is 23.1. The SMILES string of the molecule is COc1ccc(O[C@@H]2O[C@@H]3CO[C@@H](c4ccccc4)O[C@H]3[C@H](OCc3ccccc3)[C@H]2OC(=O)c2ccccc2)cc1. The molecule has 6 rings (SSSR count). The summed E-state index contributed by atoms with van der Waals surface area (Å²) >= 11 is 0. The number of hydrogen-bond acceptors (Lipinski definition) is 8. The molecule has 0 bridgehead atoms. The molecular weight excluding hydrogens is 536 g/mol. The Kier molecular flexibility index (Phi) is 8.77. The van der Waals surface area contributed by atoms with Gasteiger partial charge in [-0.25, -0.2) is 4.79 Å². The van der Waals surface area contributed by atoms with Gasteiger partial charge in [0, 0.05) is 5.56 Å². The summed E-state index contributed by atoms with van der Waals surface area (Å²) in [6, 6.07) is 35.4. The average Bonchev–Trinajstić information content (AvgIpc) is 3.06. The molecule has 0 amide bonds. The second kappa shape index (κ2) is 13.2. The lowest BCUT2D eigenvalue weighted by Gasteiger charge is -2.48. The van der Waals surface area contributed by atoms with Crippen LogP contribution in [0.15, 0.2) is 115 Å². The molecule has 2 saturated heterocycles. The third kappa shape index (κ3) is 6.48. The summed E-state index contributed by atoms with van der Waals surface area (Å²) < 4.78 is 43.2. The third-order valence-electron chi connectivity index (χ3n) is 7.21. The average molecular weight is 569 g/mol. The molecular formula is C34H32O8. The normalized spacial score (nSPS) is 25.2. The van der Waals surface area contributed by atoms with Gasteiger partial charge in [-0.2, -0.15) is 0 Å². The maximum Gasteiger partial charge on any atom is 0.338 e. The van der Waals surface area contributed by atoms with E-state index in [0.717, 1.165) is 11.1 Å². The van der Waals surface area contributed by atoms with Crippen LogP contribution in [0.2, 0.25) is 0 Å². The smallest absolute Gasteiger partial charge is 0.338 e. The molecule has 4 aromatic rings. The molecule has 0 N–H and O–H groups in total. The zero-order valence-electron chi connectivity index (χ0n) is 23.1. The van der Waals surface area contributed by atoms with Gasteiger partial charge < -0.3 is 33.2 Å². The Morgan fingerprint density at radius 3 is 2.10 bits per heavy atom. The fourth-order valence-electron chi connectivity index (χ4n) is 5.06. The second-order valence-electron chi connectivity index (χ2n) is 10.0. The first-order chi connectivity index (χ1) is 20.7. The molecule has 2 aliphatic heterocycles. The molecule has 8 heteroatoms. The van der Waals surface area contributed by atoms with Crippen LogP contribution in [0.25, 0.3) is 0 Å². The minimum Gasteiger partial charge on any atom is -0.497 e. The Morgan fingerprint density at radius 2 is 1.40 bits per heavy atom. The molecule has 0 saturated carbocycles. The van der Waals surface area contributed by atoms with Gasteiger partial charge in [0.05, 0.1) is 25.9 Å². The molecule has 2 aliphatic rings. The molecule has 6 atom stereocenters. The van der Waals surface area contributed by atoms with Crippen LogP contribution in [0.4, 0.5) is 0 Å². The number of esters is 1. The summed E-state index contributed by atoms with van der Waals surface area (Å²) in [7, 11) is 1.60. The van der Waals surface area contributed by atoms with E-state index in [1.54, 1.807) is 55.6 Å². The first-order valence-corrected chi connectivity index (χ1v) is 13.9. The summed E-state index contributed by atoms with van der Waals surface area (Å²) in [5, 5.41) is 0. The van der Waals surface area contributed by atoms with Gasteiger partial charge in [0.15, 0.2) is 12.4 Å². The van der Waals surface area contributed by atoms with Crippen LogP contribution in [0, 0.1) is 0 Å². The summed E-state index contributed by atoms with van der Waals surface area (Å²) in [6.07, 6.45) is -4.51. The zero-order chi connectivity index (χ0) is 28.7. The molecule has 0 spiro atoms. The largest absolute Gasteiger partial charge is 0.497 e. The first kappa shape index (κ1) is 27.9. The lowest BCUT2D eigenvalue weighted by molar-refractivity contribution is -0.355. The number of methoxy groups -OCH3 is 1. The number of ether oxygens (including phenoxy) is 7. The number of hydrogen-bond donors (Lipinski definition) is 0. The van der Waals surface area contributed by atoms with Gasteiger partial charge in [-0.15, -0.1) is 0 Å². The number of benzene rings is 4. The summed E-state index contributed by atoms with van der Waals surface area (Å²) in [6.45, 7) is 0.501. The molecule has 42 heavy (non-hydrogen) atoms. The Labute approximate surface area is 244 Å². The van der Waals surface area contributed by atoms with Crippen LogP contribution < -0.4 is 9.47 Å². The van der Waals surface area contributed by atoms with Crippen LogP contribution in [-0.4, -0.2) is 50.4 Å². The van der Waals surface area contributed by atoms with Crippen molar-refractivity contribution in [2.75, 3.05) is 13.7 Å². The number of carbonyl (C=O) groups is 1. The van der Waals surface area contributed by atoms with Crippen molar-refractivity contribution in [3.05, 3.63) is 132 Å². The second-order valence-corrected chi connectivity index (χ2v) is 10.0. The van der Waals surface area contributed by atoms with Gasteiger partial charge in [-0.05, 0) is 42.0 Å². The lowest BCUT2D eigenvalue weighted by atomic mass is 9.97. The standard InChI is InChI=1S/C34H32O8/c1-36-26-17-19-27(20-18-26)39-34-31(41-32(35)24-13-7-3-8-14-24)30(37-21-23-11-5-2-6-12-23)29-28(40-34)22-38-33(42-29)25-15-9-4-10-16-25/h2-20,28-31,33-34H,21-22H2,1H3/t28-,29-,30+,31-,33-,34-/m1/s1. The lowest BCUT2D eigenvalue weighted by Crippen LogP contribution is -2.64. The van der Waals surface area contributed by atoms with Crippen molar-refractivity contribution in [3.63, 3.8) is 0 Å². The van der Waals surface area contributed by atoms with Crippen LogP contribution in [0.5, 0.6) is 11.5 Å². The fourth-order valence-corrected chi connectivity index (χ4v) is 5.06. The molecule has 0 aliphatic carbocycles. The van der Waals surface area contributed by atoms with Gasteiger partial charge in [0.1, 0.15) is 29.8 Å². The van der Waals surface area contributed by atoms with Gasteiger partial charge in [-0.1, -0.05) is 78.9 Å². The van der Waals surface area contributed by atoms with Crippen LogP contribution in [0.1, 0.15) is 27.8 Å². The summed E-state index contributed by atoms with van der Waals surface area (Å²) in [4.78, 5) is 13.4. The monoisotopic (exact) mass is 568 g/mol. The Bertz CT molecular complexity index is 1410. The first-order valence-electron chi connectivity index (χ1n) is 13.9. The highest BCUT2D eigenvalue weighted by atomic mass is 16.8. The van der Waals surface area contributed by atoms with Crippen molar-refractivity contribution in [1.29, 1.82) is 0 Å². The Morgan fingerprint density at radius 1 is 0.762 bits per heavy atom. The predicted octanol–water partition coefficient (Wildman–Crippen LogP) is 5.72. The quantitative estimate of drug-likeness (QED) is 0.237. The van der Waals surface area contributed by atoms with Crippen molar-refractivity contribution >= 4 is 5.97 Å².